The minimum Gasteiger partial charge on any atom is -0.312 e. The van der Waals surface area contributed by atoms with Gasteiger partial charge in [-0.3, -0.25) is 9.59 Å². The molecule has 0 N–H and O–H groups in total. The van der Waals surface area contributed by atoms with Gasteiger partial charge in [-0.15, -0.1) is 0 Å². The molecule has 7 nitrogen and oxygen atoms in total. The molecular weight excluding hydrogens is 470 g/mol. The fourth-order valence-electron chi connectivity index (χ4n) is 3.97. The van der Waals surface area contributed by atoms with Gasteiger partial charge in [0.15, 0.2) is 0 Å². The molecule has 1 saturated heterocycles. The Hall–Kier alpha value is -2.23. The van der Waals surface area contributed by atoms with Crippen molar-refractivity contribution in [1.82, 2.24) is 4.31 Å². The average Bonchev–Trinajstić information content (AvgIpc) is 3.30. The number of carbonyl (C=O) groups excluding carboxylic acids is 2. The van der Waals surface area contributed by atoms with Gasteiger partial charge in [0.25, 0.3) is 0 Å². The molecule has 0 saturated carbocycles. The van der Waals surface area contributed by atoms with E-state index in [2.05, 4.69) is 15.9 Å². The zero-order valence-electron chi connectivity index (χ0n) is 16.7. The van der Waals surface area contributed by atoms with Gasteiger partial charge >= 0.3 is 0 Å². The Labute approximate surface area is 184 Å². The number of rotatable bonds is 4. The van der Waals surface area contributed by atoms with Crippen LogP contribution in [0.4, 0.5) is 11.4 Å². The fourth-order valence-corrected chi connectivity index (χ4v) is 5.31. The smallest absolute Gasteiger partial charge is 0.242 e. The number of fused-ring (bicyclic) bond motifs is 1. The third-order valence-electron chi connectivity index (χ3n) is 5.59. The van der Waals surface area contributed by atoms with Gasteiger partial charge in [-0.25, -0.2) is 12.7 Å². The molecule has 0 aliphatic carbocycles. The molecule has 1 atom stereocenters. The van der Waals surface area contributed by atoms with E-state index >= 15 is 0 Å². The van der Waals surface area contributed by atoms with E-state index in [1.165, 1.54) is 24.5 Å². The molecule has 0 radical (unpaired) electrons. The standard InChI is InChI=1S/C21H22BrN3O4S/c1-23(2)30(28,29)18-6-7-19-14(10-18)8-9-24(19)21(27)15-11-20(26)25(13-15)17-5-3-4-16(22)12-17/h3-7,10,12,15H,8-9,11,13H2,1-2H3/t15-/m1/s1. The number of carbonyl (C=O) groups is 2. The highest BCUT2D eigenvalue weighted by molar-refractivity contribution is 9.10. The highest BCUT2D eigenvalue weighted by Gasteiger charge is 2.39. The molecule has 2 aromatic carbocycles. The Bertz CT molecular complexity index is 1130. The Kier molecular flexibility index (Phi) is 5.46. The van der Waals surface area contributed by atoms with Crippen LogP contribution in [0, 0.1) is 5.92 Å². The SMILES string of the molecule is CN(C)S(=O)(=O)c1ccc2c(c1)CCN2C(=O)[C@@H]1CC(=O)N(c2cccc(Br)c2)C1. The first-order chi connectivity index (χ1) is 14.2. The van der Waals surface area contributed by atoms with E-state index in [1.54, 1.807) is 21.9 Å². The van der Waals surface area contributed by atoms with Crippen LogP contribution < -0.4 is 9.80 Å². The van der Waals surface area contributed by atoms with Crippen LogP contribution in [0.5, 0.6) is 0 Å². The van der Waals surface area contributed by atoms with Gasteiger partial charge in [-0.2, -0.15) is 0 Å². The fraction of sp³-hybridized carbons (Fsp3) is 0.333. The molecule has 9 heteroatoms. The summed E-state index contributed by atoms with van der Waals surface area (Å²) in [5.74, 6) is -0.589. The topological polar surface area (TPSA) is 78.0 Å². The van der Waals surface area contributed by atoms with Crippen molar-refractivity contribution in [2.45, 2.75) is 17.7 Å². The summed E-state index contributed by atoms with van der Waals surface area (Å²) in [6, 6.07) is 12.3. The second-order valence-electron chi connectivity index (χ2n) is 7.70. The molecule has 0 aromatic heterocycles. The molecular formula is C21H22BrN3O4S. The van der Waals surface area contributed by atoms with E-state index in [0.29, 0.717) is 19.5 Å². The van der Waals surface area contributed by atoms with E-state index in [0.717, 1.165) is 21.4 Å². The maximum Gasteiger partial charge on any atom is 0.242 e. The number of halogens is 1. The zero-order chi connectivity index (χ0) is 21.6. The van der Waals surface area contributed by atoms with Crippen molar-refractivity contribution in [2.24, 2.45) is 5.92 Å². The lowest BCUT2D eigenvalue weighted by atomic mass is 10.1. The molecule has 2 heterocycles. The van der Waals surface area contributed by atoms with Crippen LogP contribution in [0.25, 0.3) is 0 Å². The van der Waals surface area contributed by atoms with E-state index in [-0.39, 0.29) is 23.1 Å². The molecule has 30 heavy (non-hydrogen) atoms. The highest BCUT2D eigenvalue weighted by Crippen LogP contribution is 2.34. The maximum absolute atomic E-state index is 13.2. The van der Waals surface area contributed by atoms with E-state index in [9.17, 15) is 18.0 Å². The van der Waals surface area contributed by atoms with Gasteiger partial charge in [0.05, 0.1) is 10.8 Å². The Morgan fingerprint density at radius 2 is 1.93 bits per heavy atom. The summed E-state index contributed by atoms with van der Waals surface area (Å²) < 4.78 is 26.8. The summed E-state index contributed by atoms with van der Waals surface area (Å²) in [7, 11) is -0.541. The van der Waals surface area contributed by atoms with Crippen molar-refractivity contribution < 1.29 is 18.0 Å². The first kappa shape index (κ1) is 21.0. The number of amides is 2. The zero-order valence-corrected chi connectivity index (χ0v) is 19.1. The number of nitrogens with zero attached hydrogens (tertiary/aromatic N) is 3. The lowest BCUT2D eigenvalue weighted by molar-refractivity contribution is -0.124. The van der Waals surface area contributed by atoms with Crippen molar-refractivity contribution >= 4 is 49.1 Å². The summed E-state index contributed by atoms with van der Waals surface area (Å²) in [6.07, 6.45) is 0.762. The molecule has 4 rings (SSSR count). The molecule has 1 fully saturated rings. The molecule has 2 amide bonds. The van der Waals surface area contributed by atoms with E-state index in [4.69, 9.17) is 0 Å². The first-order valence-corrected chi connectivity index (χ1v) is 11.8. The van der Waals surface area contributed by atoms with E-state index < -0.39 is 15.9 Å². The van der Waals surface area contributed by atoms with Crippen molar-refractivity contribution in [2.75, 3.05) is 37.0 Å². The summed E-state index contributed by atoms with van der Waals surface area (Å²) in [5, 5.41) is 0. The van der Waals surface area contributed by atoms with Crippen LogP contribution in [-0.2, 0) is 26.0 Å². The normalized spacial score (nSPS) is 18.9. The number of anilines is 2. The highest BCUT2D eigenvalue weighted by atomic mass is 79.9. The third-order valence-corrected chi connectivity index (χ3v) is 7.89. The lowest BCUT2D eigenvalue weighted by Crippen LogP contribution is -2.36. The average molecular weight is 492 g/mol. The van der Waals surface area contributed by atoms with Crippen LogP contribution in [0.1, 0.15) is 12.0 Å². The van der Waals surface area contributed by atoms with Crippen LogP contribution in [0.15, 0.2) is 51.8 Å². The van der Waals surface area contributed by atoms with Crippen LogP contribution in [-0.4, -0.2) is 51.7 Å². The van der Waals surface area contributed by atoms with Gasteiger partial charge in [0.2, 0.25) is 21.8 Å². The number of hydrogen-bond acceptors (Lipinski definition) is 4. The summed E-state index contributed by atoms with van der Waals surface area (Å²) in [6.45, 7) is 0.828. The van der Waals surface area contributed by atoms with Gasteiger partial charge in [-0.05, 0) is 48.4 Å². The molecule has 158 valence electrons. The predicted octanol–water partition coefficient (Wildman–Crippen LogP) is 2.64. The van der Waals surface area contributed by atoms with Crippen molar-refractivity contribution in [3.05, 3.63) is 52.5 Å². The third kappa shape index (κ3) is 3.66. The molecule has 0 spiro atoms. The Morgan fingerprint density at radius 3 is 2.63 bits per heavy atom. The summed E-state index contributed by atoms with van der Waals surface area (Å²) >= 11 is 3.41. The first-order valence-electron chi connectivity index (χ1n) is 9.61. The molecule has 2 aliphatic rings. The minimum absolute atomic E-state index is 0.0710. The van der Waals surface area contributed by atoms with Crippen LogP contribution in [0.2, 0.25) is 0 Å². The Balaban J connectivity index is 1.54. The molecule has 2 aliphatic heterocycles. The van der Waals surface area contributed by atoms with Crippen molar-refractivity contribution in [1.29, 1.82) is 0 Å². The van der Waals surface area contributed by atoms with Gasteiger partial charge in [-0.1, -0.05) is 22.0 Å². The molecule has 0 unspecified atom stereocenters. The summed E-state index contributed by atoms with van der Waals surface area (Å²) in [4.78, 5) is 29.3. The maximum atomic E-state index is 13.2. The van der Waals surface area contributed by atoms with Gasteiger partial charge in [0, 0.05) is 49.5 Å². The van der Waals surface area contributed by atoms with Crippen LogP contribution >= 0.6 is 15.9 Å². The largest absolute Gasteiger partial charge is 0.312 e. The van der Waals surface area contributed by atoms with Crippen molar-refractivity contribution in [3.8, 4) is 0 Å². The van der Waals surface area contributed by atoms with Crippen LogP contribution in [0.3, 0.4) is 0 Å². The lowest BCUT2D eigenvalue weighted by Gasteiger charge is -2.22. The second-order valence-corrected chi connectivity index (χ2v) is 10.8. The molecule has 0 bridgehead atoms. The van der Waals surface area contributed by atoms with E-state index in [1.807, 2.05) is 24.3 Å². The van der Waals surface area contributed by atoms with Gasteiger partial charge < -0.3 is 9.80 Å². The quantitative estimate of drug-likeness (QED) is 0.658. The monoisotopic (exact) mass is 491 g/mol. The second kappa shape index (κ2) is 7.79. The Morgan fingerprint density at radius 1 is 1.17 bits per heavy atom. The number of hydrogen-bond donors (Lipinski definition) is 0. The van der Waals surface area contributed by atoms with Gasteiger partial charge in [0.1, 0.15) is 0 Å². The summed E-state index contributed by atoms with van der Waals surface area (Å²) in [5.41, 5.74) is 2.33. The number of sulfonamides is 1. The molecule has 2 aromatic rings. The minimum atomic E-state index is -3.53. The number of benzene rings is 2. The predicted molar refractivity (Wildman–Crippen MR) is 118 cm³/mol. The van der Waals surface area contributed by atoms with Crippen molar-refractivity contribution in [3.63, 3.8) is 0 Å².